The molecule has 220 valence electrons. The molecule has 1 amide bonds. The number of nitro groups is 1. The highest BCUT2D eigenvalue weighted by Crippen LogP contribution is 2.46. The Hall–Kier alpha value is -4.79. The van der Waals surface area contributed by atoms with E-state index in [1.165, 1.54) is 44.6 Å². The van der Waals surface area contributed by atoms with Crippen molar-refractivity contribution in [3.8, 4) is 11.5 Å². The fourth-order valence-electron chi connectivity index (χ4n) is 4.48. The van der Waals surface area contributed by atoms with E-state index in [0.717, 1.165) is 35.4 Å². The summed E-state index contributed by atoms with van der Waals surface area (Å²) in [5.74, 6) is -1.91. The Bertz CT molecular complexity index is 1900. The van der Waals surface area contributed by atoms with Crippen LogP contribution in [0, 0.1) is 10.1 Å². The van der Waals surface area contributed by atoms with Gasteiger partial charge in [0.25, 0.3) is 11.5 Å². The van der Waals surface area contributed by atoms with E-state index in [-0.39, 0.29) is 36.8 Å². The second-order valence-corrected chi connectivity index (χ2v) is 12.6. The number of rotatable bonds is 8. The largest absolute Gasteiger partial charge is 0.507 e. The van der Waals surface area contributed by atoms with Crippen LogP contribution in [0.3, 0.4) is 0 Å². The molecule has 1 N–H and O–H groups in total. The number of halogens is 1. The topological polar surface area (TPSA) is 166 Å². The Morgan fingerprint density at radius 3 is 2.28 bits per heavy atom. The van der Waals surface area contributed by atoms with E-state index < -0.39 is 38.3 Å². The molecule has 43 heavy (non-hydrogen) atoms. The highest BCUT2D eigenvalue weighted by Gasteiger charge is 2.48. The molecular formula is C28H20ClN3O9S2. The molecule has 5 rings (SSSR count). The van der Waals surface area contributed by atoms with Gasteiger partial charge in [-0.2, -0.15) is 0 Å². The summed E-state index contributed by atoms with van der Waals surface area (Å²) in [4.78, 5) is 42.2. The van der Waals surface area contributed by atoms with Crippen molar-refractivity contribution in [2.75, 3.05) is 19.1 Å². The molecule has 0 radical (unpaired) electrons. The summed E-state index contributed by atoms with van der Waals surface area (Å²) in [5.41, 5.74) is -0.00648. The minimum Gasteiger partial charge on any atom is -0.507 e. The predicted octanol–water partition coefficient (Wildman–Crippen LogP) is 5.18. The van der Waals surface area contributed by atoms with Crippen molar-refractivity contribution < 1.29 is 37.5 Å². The number of benzene rings is 3. The van der Waals surface area contributed by atoms with Gasteiger partial charge in [0.05, 0.1) is 41.9 Å². The molecule has 1 aliphatic heterocycles. The number of Topliss-reactive ketones (excluding diaryl/α,β-unsaturated/α-hetero) is 1. The van der Waals surface area contributed by atoms with E-state index in [1.54, 1.807) is 12.1 Å². The molecule has 0 bridgehead atoms. The molecule has 1 saturated heterocycles. The van der Waals surface area contributed by atoms with Crippen molar-refractivity contribution in [2.24, 2.45) is 0 Å². The third-order valence-corrected chi connectivity index (χ3v) is 10.1. The highest BCUT2D eigenvalue weighted by atomic mass is 35.5. The third kappa shape index (κ3) is 5.31. The summed E-state index contributed by atoms with van der Waals surface area (Å²) in [5, 5.41) is 22.5. The maximum atomic E-state index is 13.5. The van der Waals surface area contributed by atoms with Gasteiger partial charge in [0.15, 0.2) is 16.6 Å². The third-order valence-electron chi connectivity index (χ3n) is 6.59. The Labute approximate surface area is 253 Å². The Kier molecular flexibility index (Phi) is 7.92. The van der Waals surface area contributed by atoms with Crippen molar-refractivity contribution in [3.63, 3.8) is 0 Å². The van der Waals surface area contributed by atoms with E-state index in [4.69, 9.17) is 21.1 Å². The average molecular weight is 642 g/mol. The molecular weight excluding hydrogens is 622 g/mol. The molecule has 12 nitrogen and oxygen atoms in total. The number of aliphatic hydroxyl groups excluding tert-OH is 1. The molecule has 1 aliphatic rings. The van der Waals surface area contributed by atoms with Crippen molar-refractivity contribution >= 4 is 61.0 Å². The van der Waals surface area contributed by atoms with Crippen molar-refractivity contribution in [1.29, 1.82) is 0 Å². The smallest absolute Gasteiger partial charge is 0.301 e. The van der Waals surface area contributed by atoms with Crippen LogP contribution in [0.25, 0.3) is 5.76 Å². The molecule has 0 aliphatic carbocycles. The van der Waals surface area contributed by atoms with E-state index in [0.29, 0.717) is 27.7 Å². The lowest BCUT2D eigenvalue weighted by molar-refractivity contribution is -0.384. The number of carbonyl (C=O) groups is 2. The number of hydrogen-bond acceptors (Lipinski definition) is 11. The van der Waals surface area contributed by atoms with E-state index >= 15 is 0 Å². The number of aromatic nitrogens is 1. The number of thiazole rings is 1. The van der Waals surface area contributed by atoms with Gasteiger partial charge in [-0.1, -0.05) is 29.0 Å². The summed E-state index contributed by atoms with van der Waals surface area (Å²) in [6, 6.07) is 13.7. The maximum Gasteiger partial charge on any atom is 0.301 e. The lowest BCUT2D eigenvalue weighted by atomic mass is 9.95. The van der Waals surface area contributed by atoms with Crippen LogP contribution in [0.15, 0.2) is 87.6 Å². The number of methoxy groups -OCH3 is 2. The molecule has 4 aromatic rings. The van der Waals surface area contributed by atoms with Gasteiger partial charge in [0.2, 0.25) is 9.84 Å². The first-order valence-electron chi connectivity index (χ1n) is 12.2. The molecule has 1 atom stereocenters. The normalized spacial score (nSPS) is 16.3. The lowest BCUT2D eigenvalue weighted by Crippen LogP contribution is -2.29. The number of ether oxygens (including phenoxy) is 2. The summed E-state index contributed by atoms with van der Waals surface area (Å²) < 4.78 is 37.1. The number of ketones is 1. The molecule has 0 unspecified atom stereocenters. The van der Waals surface area contributed by atoms with Crippen LogP contribution in [0.2, 0.25) is 5.02 Å². The molecule has 3 aromatic carbocycles. The zero-order chi connectivity index (χ0) is 31.1. The SMILES string of the molecule is COc1ccc([C@H]2C(=C(O)c3ccc(Cl)cc3)C(=O)C(=O)N2c2ncc(S(=O)(=O)c3ccc([N+](=O)[O-])cc3)s2)cc1OC. The monoisotopic (exact) mass is 641 g/mol. The Morgan fingerprint density at radius 2 is 1.67 bits per heavy atom. The number of non-ortho nitro benzene ring substituents is 1. The van der Waals surface area contributed by atoms with Gasteiger partial charge < -0.3 is 14.6 Å². The quantitative estimate of drug-likeness (QED) is 0.0890. The molecule has 15 heteroatoms. The second kappa shape index (κ2) is 11.5. The first-order valence-corrected chi connectivity index (χ1v) is 14.9. The Balaban J connectivity index is 1.65. The minimum atomic E-state index is -4.20. The zero-order valence-corrected chi connectivity index (χ0v) is 24.6. The van der Waals surface area contributed by atoms with Crippen molar-refractivity contribution in [3.05, 3.63) is 105 Å². The molecule has 0 saturated carbocycles. The van der Waals surface area contributed by atoms with Crippen molar-refractivity contribution in [2.45, 2.75) is 15.1 Å². The van der Waals surface area contributed by atoms with Crippen LogP contribution in [0.4, 0.5) is 10.8 Å². The molecule has 1 aromatic heterocycles. The van der Waals surface area contributed by atoms with Gasteiger partial charge in [-0.05, 0) is 54.1 Å². The second-order valence-electron chi connectivity index (χ2n) is 9.01. The number of anilines is 1. The number of amides is 1. The highest BCUT2D eigenvalue weighted by molar-refractivity contribution is 7.93. The number of carbonyl (C=O) groups excluding carboxylic acids is 2. The maximum absolute atomic E-state index is 13.5. The van der Waals surface area contributed by atoms with Crippen molar-refractivity contribution in [1.82, 2.24) is 4.98 Å². The first-order chi connectivity index (χ1) is 20.5. The van der Waals surface area contributed by atoms with Gasteiger partial charge >= 0.3 is 5.91 Å². The molecule has 1 fully saturated rings. The van der Waals surface area contributed by atoms with Crippen LogP contribution in [0.1, 0.15) is 17.2 Å². The van der Waals surface area contributed by atoms with Crippen LogP contribution < -0.4 is 14.4 Å². The number of nitro benzene ring substituents is 1. The van der Waals surface area contributed by atoms with Crippen LogP contribution in [-0.2, 0) is 19.4 Å². The standard InChI is InChI=1S/C28H20ClN3O9S2/c1-40-20-12-5-16(13-21(20)41-2)24-23(25(33)15-3-6-17(29)7-4-15)26(34)27(35)31(24)28-30-14-22(42-28)43(38,39)19-10-8-18(9-11-19)32(36)37/h3-14,24,33H,1-2H3/t24-/m0/s1. The van der Waals surface area contributed by atoms with Gasteiger partial charge in [0.1, 0.15) is 9.97 Å². The van der Waals surface area contributed by atoms with Crippen LogP contribution in [-0.4, -0.2) is 49.3 Å². The van der Waals surface area contributed by atoms with E-state index in [1.807, 2.05) is 0 Å². The van der Waals surface area contributed by atoms with Crippen LogP contribution >= 0.6 is 22.9 Å². The van der Waals surface area contributed by atoms with Gasteiger partial charge in [-0.25, -0.2) is 13.4 Å². The predicted molar refractivity (Wildman–Crippen MR) is 156 cm³/mol. The Morgan fingerprint density at radius 1 is 1.02 bits per heavy atom. The molecule has 0 spiro atoms. The van der Waals surface area contributed by atoms with Crippen LogP contribution in [0.5, 0.6) is 11.5 Å². The summed E-state index contributed by atoms with van der Waals surface area (Å²) in [7, 11) is -1.36. The fourth-order valence-corrected chi connectivity index (χ4v) is 7.15. The minimum absolute atomic E-state index is 0.141. The fraction of sp³-hybridized carbons (Fsp3) is 0.107. The van der Waals surface area contributed by atoms with E-state index in [2.05, 4.69) is 4.98 Å². The number of hydrogen-bond donors (Lipinski definition) is 1. The number of nitrogens with zero attached hydrogens (tertiary/aromatic N) is 3. The van der Waals surface area contributed by atoms with Gasteiger partial charge in [-0.3, -0.25) is 24.6 Å². The summed E-state index contributed by atoms with van der Waals surface area (Å²) in [6.07, 6.45) is 1.03. The number of sulfone groups is 1. The molecule has 2 heterocycles. The summed E-state index contributed by atoms with van der Waals surface area (Å²) in [6.45, 7) is 0. The summed E-state index contributed by atoms with van der Waals surface area (Å²) >= 11 is 6.60. The average Bonchev–Trinajstić information content (AvgIpc) is 3.60. The first kappa shape index (κ1) is 29.7. The van der Waals surface area contributed by atoms with E-state index in [9.17, 15) is 33.2 Å². The lowest BCUT2D eigenvalue weighted by Gasteiger charge is -2.23. The number of aliphatic hydroxyl groups is 1. The van der Waals surface area contributed by atoms with Gasteiger partial charge in [-0.15, -0.1) is 0 Å². The zero-order valence-electron chi connectivity index (χ0n) is 22.3. The van der Waals surface area contributed by atoms with Gasteiger partial charge in [0, 0.05) is 22.7 Å².